The lowest BCUT2D eigenvalue weighted by atomic mass is 10.0. The Balaban J connectivity index is 2.05. The SMILES string of the molecule is NC(=O)[C@H](Cc1ccccc1)NC(=O)[C@H](CCCN=C(N)N)NC(=O)/C=C/c1cnc[nH]1. The van der Waals surface area contributed by atoms with Gasteiger partial charge < -0.3 is 32.8 Å². The van der Waals surface area contributed by atoms with E-state index in [1.165, 1.54) is 18.5 Å². The van der Waals surface area contributed by atoms with Gasteiger partial charge in [0.1, 0.15) is 12.1 Å². The number of aromatic nitrogens is 2. The number of carbonyl (C=O) groups excluding carboxylic acids is 3. The van der Waals surface area contributed by atoms with Gasteiger partial charge in [-0.05, 0) is 24.5 Å². The number of nitrogens with one attached hydrogen (secondary N) is 3. The van der Waals surface area contributed by atoms with E-state index in [1.54, 1.807) is 6.20 Å². The normalized spacial score (nSPS) is 12.6. The minimum Gasteiger partial charge on any atom is -0.370 e. The van der Waals surface area contributed by atoms with Crippen LogP contribution in [0.1, 0.15) is 24.1 Å². The standard InChI is InChI=1S/C21H28N8O3/c22-19(31)17(11-14-5-2-1-3-6-14)29-20(32)16(7-4-10-26-21(23)24)28-18(30)9-8-15-12-25-13-27-15/h1-3,5-6,8-9,12-13,16-17H,4,7,10-11H2,(H2,22,31)(H,25,27)(H,28,30)(H,29,32)(H4,23,24,26)/b9-8+/t16-,17-/m0/s1. The van der Waals surface area contributed by atoms with Crippen LogP contribution in [0.2, 0.25) is 0 Å². The summed E-state index contributed by atoms with van der Waals surface area (Å²) in [5, 5.41) is 5.28. The van der Waals surface area contributed by atoms with Gasteiger partial charge in [-0.2, -0.15) is 0 Å². The zero-order valence-electron chi connectivity index (χ0n) is 17.5. The van der Waals surface area contributed by atoms with Crippen molar-refractivity contribution in [3.8, 4) is 0 Å². The zero-order valence-corrected chi connectivity index (χ0v) is 17.5. The second-order valence-corrected chi connectivity index (χ2v) is 7.00. The average molecular weight is 441 g/mol. The first-order chi connectivity index (χ1) is 15.3. The summed E-state index contributed by atoms with van der Waals surface area (Å²) in [5.41, 5.74) is 17.6. The predicted octanol–water partition coefficient (Wildman–Crippen LogP) is -0.826. The van der Waals surface area contributed by atoms with Gasteiger partial charge >= 0.3 is 0 Å². The first kappa shape index (κ1) is 24.1. The third kappa shape index (κ3) is 8.69. The van der Waals surface area contributed by atoms with Crippen LogP contribution in [0, 0.1) is 0 Å². The molecule has 0 fully saturated rings. The highest BCUT2D eigenvalue weighted by Gasteiger charge is 2.25. The van der Waals surface area contributed by atoms with E-state index in [0.717, 1.165) is 5.56 Å². The second kappa shape index (κ2) is 12.5. The zero-order chi connectivity index (χ0) is 23.3. The summed E-state index contributed by atoms with van der Waals surface area (Å²) in [4.78, 5) is 47.7. The monoisotopic (exact) mass is 440 g/mol. The van der Waals surface area contributed by atoms with Gasteiger partial charge in [0.2, 0.25) is 17.7 Å². The molecule has 0 aliphatic carbocycles. The summed E-state index contributed by atoms with van der Waals surface area (Å²) in [5.74, 6) is -1.75. The molecule has 3 amide bonds. The molecule has 2 aromatic rings. The lowest BCUT2D eigenvalue weighted by Gasteiger charge is -2.21. The molecular formula is C21H28N8O3. The molecular weight excluding hydrogens is 412 g/mol. The van der Waals surface area contributed by atoms with Crippen LogP contribution < -0.4 is 27.8 Å². The van der Waals surface area contributed by atoms with Gasteiger partial charge in [-0.15, -0.1) is 0 Å². The molecule has 0 radical (unpaired) electrons. The highest BCUT2D eigenvalue weighted by atomic mass is 16.2. The van der Waals surface area contributed by atoms with Crippen molar-refractivity contribution in [2.45, 2.75) is 31.3 Å². The fourth-order valence-electron chi connectivity index (χ4n) is 2.86. The Kier molecular flexibility index (Phi) is 9.44. The van der Waals surface area contributed by atoms with E-state index in [2.05, 4.69) is 25.6 Å². The van der Waals surface area contributed by atoms with E-state index in [9.17, 15) is 14.4 Å². The van der Waals surface area contributed by atoms with E-state index < -0.39 is 29.8 Å². The predicted molar refractivity (Wildman–Crippen MR) is 121 cm³/mol. The number of nitrogens with two attached hydrogens (primary N) is 3. The van der Waals surface area contributed by atoms with Crippen molar-refractivity contribution in [2.75, 3.05) is 6.54 Å². The number of H-pyrrole nitrogens is 1. The van der Waals surface area contributed by atoms with Crippen molar-refractivity contribution >= 4 is 29.8 Å². The molecule has 9 N–H and O–H groups in total. The fraction of sp³-hybridized carbons (Fsp3) is 0.286. The maximum Gasteiger partial charge on any atom is 0.244 e. The molecule has 1 heterocycles. The van der Waals surface area contributed by atoms with Crippen molar-refractivity contribution in [3.63, 3.8) is 0 Å². The molecule has 0 saturated heterocycles. The lowest BCUT2D eigenvalue weighted by Crippen LogP contribution is -2.53. The minimum atomic E-state index is -0.928. The first-order valence-electron chi connectivity index (χ1n) is 10.0. The van der Waals surface area contributed by atoms with E-state index in [0.29, 0.717) is 12.1 Å². The summed E-state index contributed by atoms with van der Waals surface area (Å²) < 4.78 is 0. The Morgan fingerprint density at radius 1 is 1.09 bits per heavy atom. The van der Waals surface area contributed by atoms with Gasteiger partial charge in [-0.25, -0.2) is 4.98 Å². The van der Waals surface area contributed by atoms with E-state index >= 15 is 0 Å². The van der Waals surface area contributed by atoms with Gasteiger partial charge in [0.25, 0.3) is 0 Å². The summed E-state index contributed by atoms with van der Waals surface area (Å²) in [6, 6.07) is 7.32. The molecule has 0 bridgehead atoms. The highest BCUT2D eigenvalue weighted by molar-refractivity contribution is 5.96. The first-order valence-corrected chi connectivity index (χ1v) is 10.0. The molecule has 170 valence electrons. The number of benzene rings is 1. The Hall–Kier alpha value is -4.15. The van der Waals surface area contributed by atoms with Crippen molar-refractivity contribution in [1.82, 2.24) is 20.6 Å². The molecule has 0 aliphatic rings. The summed E-state index contributed by atoms with van der Waals surface area (Å²) in [6.07, 6.45) is 6.75. The van der Waals surface area contributed by atoms with Gasteiger partial charge in [0.15, 0.2) is 5.96 Å². The number of primary amides is 1. The summed E-state index contributed by atoms with van der Waals surface area (Å²) in [6.45, 7) is 0.287. The van der Waals surface area contributed by atoms with Crippen LogP contribution in [0.15, 0.2) is 53.9 Å². The third-order valence-electron chi connectivity index (χ3n) is 4.45. The van der Waals surface area contributed by atoms with Gasteiger partial charge in [0.05, 0.1) is 18.2 Å². The number of hydrogen-bond acceptors (Lipinski definition) is 5. The van der Waals surface area contributed by atoms with E-state index in [4.69, 9.17) is 17.2 Å². The van der Waals surface area contributed by atoms with Gasteiger partial charge in [0, 0.05) is 19.0 Å². The van der Waals surface area contributed by atoms with Crippen LogP contribution in [0.4, 0.5) is 0 Å². The number of hydrogen-bond donors (Lipinski definition) is 6. The van der Waals surface area contributed by atoms with Crippen LogP contribution in [0.5, 0.6) is 0 Å². The van der Waals surface area contributed by atoms with E-state index in [-0.39, 0.29) is 25.3 Å². The topological polar surface area (TPSA) is 194 Å². The summed E-state index contributed by atoms with van der Waals surface area (Å²) >= 11 is 0. The van der Waals surface area contributed by atoms with Crippen LogP contribution in [0.3, 0.4) is 0 Å². The molecule has 11 nitrogen and oxygen atoms in total. The molecule has 2 atom stereocenters. The number of aliphatic imine (C=N–C) groups is 1. The number of aromatic amines is 1. The maximum atomic E-state index is 12.9. The molecule has 32 heavy (non-hydrogen) atoms. The molecule has 0 aliphatic heterocycles. The van der Waals surface area contributed by atoms with E-state index in [1.807, 2.05) is 30.3 Å². The Bertz CT molecular complexity index is 937. The van der Waals surface area contributed by atoms with Crippen molar-refractivity contribution in [3.05, 3.63) is 60.2 Å². The second-order valence-electron chi connectivity index (χ2n) is 7.00. The van der Waals surface area contributed by atoms with Crippen LogP contribution in [-0.2, 0) is 20.8 Å². The van der Waals surface area contributed by atoms with Crippen LogP contribution in [0.25, 0.3) is 6.08 Å². The molecule has 2 rings (SSSR count). The highest BCUT2D eigenvalue weighted by Crippen LogP contribution is 2.05. The van der Waals surface area contributed by atoms with Crippen LogP contribution in [-0.4, -0.2) is 52.3 Å². The van der Waals surface area contributed by atoms with Gasteiger partial charge in [-0.1, -0.05) is 30.3 Å². The quantitative estimate of drug-likeness (QED) is 0.108. The number of nitrogens with zero attached hydrogens (tertiary/aromatic N) is 2. The molecule has 1 aromatic carbocycles. The molecule has 0 unspecified atom stereocenters. The average Bonchev–Trinajstić information content (AvgIpc) is 3.28. The molecule has 1 aromatic heterocycles. The van der Waals surface area contributed by atoms with Gasteiger partial charge in [-0.3, -0.25) is 19.4 Å². The Morgan fingerprint density at radius 2 is 1.84 bits per heavy atom. The molecule has 0 spiro atoms. The van der Waals surface area contributed by atoms with Crippen molar-refractivity contribution in [2.24, 2.45) is 22.2 Å². The molecule has 11 heteroatoms. The maximum absolute atomic E-state index is 12.9. The fourth-order valence-corrected chi connectivity index (χ4v) is 2.86. The number of rotatable bonds is 12. The Morgan fingerprint density at radius 3 is 2.47 bits per heavy atom. The lowest BCUT2D eigenvalue weighted by molar-refractivity contribution is -0.130. The number of amides is 3. The Labute approximate surface area is 185 Å². The molecule has 0 saturated carbocycles. The minimum absolute atomic E-state index is 0.0609. The van der Waals surface area contributed by atoms with Crippen LogP contribution >= 0.6 is 0 Å². The number of carbonyl (C=O) groups is 3. The summed E-state index contributed by atoms with van der Waals surface area (Å²) in [7, 11) is 0. The largest absolute Gasteiger partial charge is 0.370 e. The number of guanidine groups is 1. The number of imidazole rings is 1. The third-order valence-corrected chi connectivity index (χ3v) is 4.45. The van der Waals surface area contributed by atoms with Crippen molar-refractivity contribution < 1.29 is 14.4 Å². The smallest absolute Gasteiger partial charge is 0.244 e. The van der Waals surface area contributed by atoms with Crippen molar-refractivity contribution in [1.29, 1.82) is 0 Å².